The minimum atomic E-state index is 0.403. The predicted molar refractivity (Wildman–Crippen MR) is 81.3 cm³/mol. The molecule has 5 nitrogen and oxygen atoms in total. The molecule has 0 amide bonds. The van der Waals surface area contributed by atoms with Crippen LogP contribution < -0.4 is 10.5 Å². The second-order valence-electron chi connectivity index (χ2n) is 4.00. The van der Waals surface area contributed by atoms with E-state index in [2.05, 4.69) is 17.1 Å². The third-order valence-corrected chi connectivity index (χ3v) is 3.84. The van der Waals surface area contributed by atoms with Crippen molar-refractivity contribution in [3.63, 3.8) is 0 Å². The molecule has 1 heterocycles. The summed E-state index contributed by atoms with van der Waals surface area (Å²) in [5, 5.41) is 9.75. The van der Waals surface area contributed by atoms with Gasteiger partial charge in [-0.15, -0.1) is 10.2 Å². The summed E-state index contributed by atoms with van der Waals surface area (Å²) in [4.78, 5) is 0. The third kappa shape index (κ3) is 3.88. The van der Waals surface area contributed by atoms with E-state index >= 15 is 0 Å². The molecule has 0 radical (unpaired) electrons. The Morgan fingerprint density at radius 2 is 2.25 bits per heavy atom. The second kappa shape index (κ2) is 7.52. The van der Waals surface area contributed by atoms with Gasteiger partial charge < -0.3 is 15.0 Å². The molecule has 0 aliphatic carbocycles. The molecule has 1 aromatic heterocycles. The van der Waals surface area contributed by atoms with Crippen LogP contribution >= 0.6 is 23.4 Å². The van der Waals surface area contributed by atoms with Gasteiger partial charge in [-0.1, -0.05) is 29.4 Å². The van der Waals surface area contributed by atoms with Gasteiger partial charge in [0.15, 0.2) is 5.16 Å². The van der Waals surface area contributed by atoms with Crippen molar-refractivity contribution >= 4 is 23.4 Å². The lowest BCUT2D eigenvalue weighted by molar-refractivity contribution is 0.344. The normalized spacial score (nSPS) is 10.8. The number of aromatic nitrogens is 3. The van der Waals surface area contributed by atoms with Crippen LogP contribution in [-0.4, -0.2) is 27.1 Å². The minimum absolute atomic E-state index is 0.403. The van der Waals surface area contributed by atoms with Gasteiger partial charge in [0, 0.05) is 17.3 Å². The average Bonchev–Trinajstić information content (AvgIpc) is 2.85. The lowest BCUT2D eigenvalue weighted by Gasteiger charge is -2.07. The van der Waals surface area contributed by atoms with Crippen molar-refractivity contribution in [1.82, 2.24) is 14.8 Å². The third-order valence-electron chi connectivity index (χ3n) is 2.67. The van der Waals surface area contributed by atoms with Crippen LogP contribution in [0.2, 0.25) is 5.02 Å². The van der Waals surface area contributed by atoms with E-state index < -0.39 is 0 Å². The zero-order valence-electron chi connectivity index (χ0n) is 11.3. The van der Waals surface area contributed by atoms with Crippen molar-refractivity contribution in [3.8, 4) is 5.75 Å². The number of ether oxygens (including phenoxy) is 1. The first-order valence-corrected chi connectivity index (χ1v) is 7.74. The van der Waals surface area contributed by atoms with Crippen LogP contribution in [0.15, 0.2) is 29.4 Å². The highest BCUT2D eigenvalue weighted by Crippen LogP contribution is 2.19. The molecule has 0 bridgehead atoms. The van der Waals surface area contributed by atoms with Gasteiger partial charge >= 0.3 is 0 Å². The maximum atomic E-state index is 5.89. The molecule has 7 heteroatoms. The Bertz CT molecular complexity index is 561. The zero-order chi connectivity index (χ0) is 14.4. The Labute approximate surface area is 127 Å². The molecule has 1 aromatic carbocycles. The molecular weight excluding hydrogens is 296 g/mol. The van der Waals surface area contributed by atoms with Crippen LogP contribution in [0.5, 0.6) is 5.75 Å². The van der Waals surface area contributed by atoms with Crippen molar-refractivity contribution in [2.45, 2.75) is 25.2 Å². The highest BCUT2D eigenvalue weighted by molar-refractivity contribution is 7.99. The monoisotopic (exact) mass is 312 g/mol. The van der Waals surface area contributed by atoms with E-state index in [-0.39, 0.29) is 0 Å². The number of nitrogens with zero attached hydrogens (tertiary/aromatic N) is 3. The molecule has 0 spiro atoms. The fourth-order valence-electron chi connectivity index (χ4n) is 1.74. The molecule has 0 atom stereocenters. The Morgan fingerprint density at radius 1 is 1.40 bits per heavy atom. The van der Waals surface area contributed by atoms with Crippen LogP contribution in [0.3, 0.4) is 0 Å². The Morgan fingerprint density at radius 3 is 2.95 bits per heavy atom. The first-order valence-electron chi connectivity index (χ1n) is 6.38. The first-order chi connectivity index (χ1) is 9.74. The SMILES string of the molecule is CCn1c(CN)nnc1SCCOc1cccc(Cl)c1. The summed E-state index contributed by atoms with van der Waals surface area (Å²) in [6.07, 6.45) is 0. The van der Waals surface area contributed by atoms with Gasteiger partial charge in [-0.3, -0.25) is 0 Å². The Kier molecular flexibility index (Phi) is 5.70. The summed E-state index contributed by atoms with van der Waals surface area (Å²) in [6, 6.07) is 7.37. The lowest BCUT2D eigenvalue weighted by atomic mass is 10.3. The zero-order valence-corrected chi connectivity index (χ0v) is 12.8. The summed E-state index contributed by atoms with van der Waals surface area (Å²) in [5.41, 5.74) is 5.61. The van der Waals surface area contributed by atoms with Crippen molar-refractivity contribution in [1.29, 1.82) is 0 Å². The van der Waals surface area contributed by atoms with Crippen LogP contribution in [0.4, 0.5) is 0 Å². The number of hydrogen-bond donors (Lipinski definition) is 1. The van der Waals surface area contributed by atoms with Crippen LogP contribution in [-0.2, 0) is 13.1 Å². The maximum Gasteiger partial charge on any atom is 0.191 e. The fraction of sp³-hybridized carbons (Fsp3) is 0.385. The molecule has 0 saturated carbocycles. The number of nitrogens with two attached hydrogens (primary N) is 1. The molecule has 20 heavy (non-hydrogen) atoms. The molecule has 0 unspecified atom stereocenters. The largest absolute Gasteiger partial charge is 0.493 e. The molecule has 2 aromatic rings. The van der Waals surface area contributed by atoms with Crippen LogP contribution in [0.25, 0.3) is 0 Å². The predicted octanol–water partition coefficient (Wildman–Crippen LogP) is 2.58. The molecule has 0 aliphatic heterocycles. The van der Waals surface area contributed by atoms with Gasteiger partial charge in [0.25, 0.3) is 0 Å². The number of benzene rings is 1. The summed E-state index contributed by atoms with van der Waals surface area (Å²) >= 11 is 7.50. The number of rotatable bonds is 7. The fourth-order valence-corrected chi connectivity index (χ4v) is 2.76. The van der Waals surface area contributed by atoms with Gasteiger partial charge in [0.1, 0.15) is 11.6 Å². The minimum Gasteiger partial charge on any atom is -0.493 e. The molecular formula is C13H17ClN4OS. The summed E-state index contributed by atoms with van der Waals surface area (Å²) in [6.45, 7) is 3.85. The van der Waals surface area contributed by atoms with E-state index in [1.807, 2.05) is 22.8 Å². The quantitative estimate of drug-likeness (QED) is 0.629. The average molecular weight is 313 g/mol. The van der Waals surface area contributed by atoms with Crippen molar-refractivity contribution < 1.29 is 4.74 Å². The molecule has 0 fully saturated rings. The topological polar surface area (TPSA) is 66.0 Å². The summed E-state index contributed by atoms with van der Waals surface area (Å²) in [5.74, 6) is 2.37. The van der Waals surface area contributed by atoms with Crippen molar-refractivity contribution in [2.24, 2.45) is 5.73 Å². The second-order valence-corrected chi connectivity index (χ2v) is 5.50. The van der Waals surface area contributed by atoms with E-state index in [4.69, 9.17) is 22.1 Å². The van der Waals surface area contributed by atoms with E-state index in [9.17, 15) is 0 Å². The van der Waals surface area contributed by atoms with Crippen LogP contribution in [0.1, 0.15) is 12.7 Å². The molecule has 0 saturated heterocycles. The van der Waals surface area contributed by atoms with E-state index in [0.29, 0.717) is 18.2 Å². The van der Waals surface area contributed by atoms with Crippen molar-refractivity contribution in [3.05, 3.63) is 35.1 Å². The smallest absolute Gasteiger partial charge is 0.191 e. The van der Waals surface area contributed by atoms with E-state index in [1.54, 1.807) is 17.8 Å². The molecule has 108 valence electrons. The van der Waals surface area contributed by atoms with Gasteiger partial charge in [0.2, 0.25) is 0 Å². The molecule has 0 aliphatic rings. The Balaban J connectivity index is 1.83. The molecule has 2 rings (SSSR count). The maximum absolute atomic E-state index is 5.89. The first kappa shape index (κ1) is 15.2. The van der Waals surface area contributed by atoms with Gasteiger partial charge in [0.05, 0.1) is 13.2 Å². The molecule has 2 N–H and O–H groups in total. The van der Waals surface area contributed by atoms with Gasteiger partial charge in [-0.2, -0.15) is 0 Å². The highest BCUT2D eigenvalue weighted by Gasteiger charge is 2.09. The number of hydrogen-bond acceptors (Lipinski definition) is 5. The summed E-state index contributed by atoms with van der Waals surface area (Å²) in [7, 11) is 0. The number of thioether (sulfide) groups is 1. The standard InChI is InChI=1S/C13H17ClN4OS/c1-2-18-12(9-15)16-17-13(18)20-7-6-19-11-5-3-4-10(14)8-11/h3-5,8H,2,6-7,9,15H2,1H3. The Hall–Kier alpha value is -1.24. The van der Waals surface area contributed by atoms with Gasteiger partial charge in [-0.25, -0.2) is 0 Å². The van der Waals surface area contributed by atoms with Gasteiger partial charge in [-0.05, 0) is 25.1 Å². The van der Waals surface area contributed by atoms with Crippen molar-refractivity contribution in [2.75, 3.05) is 12.4 Å². The van der Waals surface area contributed by atoms with E-state index in [1.165, 1.54) is 0 Å². The van der Waals surface area contributed by atoms with E-state index in [0.717, 1.165) is 29.0 Å². The number of halogens is 1. The lowest BCUT2D eigenvalue weighted by Crippen LogP contribution is -2.08. The summed E-state index contributed by atoms with van der Waals surface area (Å²) < 4.78 is 7.65. The highest BCUT2D eigenvalue weighted by atomic mass is 35.5. The van der Waals surface area contributed by atoms with Crippen LogP contribution in [0, 0.1) is 0 Å².